The quantitative estimate of drug-likeness (QED) is 0.753. The predicted molar refractivity (Wildman–Crippen MR) is 85.6 cm³/mol. The summed E-state index contributed by atoms with van der Waals surface area (Å²) in [6, 6.07) is 7.87. The Morgan fingerprint density at radius 2 is 2.20 bits per heavy atom. The van der Waals surface area contributed by atoms with Gasteiger partial charge in [0.25, 0.3) is 0 Å². The van der Waals surface area contributed by atoms with Crippen molar-refractivity contribution < 1.29 is 0 Å². The molecule has 0 aliphatic rings. The molecule has 0 fully saturated rings. The fourth-order valence-electron chi connectivity index (χ4n) is 2.15. The van der Waals surface area contributed by atoms with Crippen molar-refractivity contribution in [2.45, 2.75) is 19.9 Å². The predicted octanol–water partition coefficient (Wildman–Crippen LogP) is 4.83. The van der Waals surface area contributed by atoms with Gasteiger partial charge in [0.15, 0.2) is 0 Å². The van der Waals surface area contributed by atoms with Crippen LogP contribution in [0, 0.1) is 6.92 Å². The van der Waals surface area contributed by atoms with Gasteiger partial charge in [-0.2, -0.15) is 0 Å². The first-order valence-corrected chi connectivity index (χ1v) is 7.62. The van der Waals surface area contributed by atoms with Crippen molar-refractivity contribution >= 4 is 39.5 Å². The average molecular weight is 304 g/mol. The van der Waals surface area contributed by atoms with Crippen LogP contribution in [0.25, 0.3) is 10.9 Å². The second-order valence-corrected chi connectivity index (χ2v) is 6.18. The minimum atomic E-state index is 0.114. The maximum absolute atomic E-state index is 6.18. The van der Waals surface area contributed by atoms with E-state index in [2.05, 4.69) is 27.6 Å². The Morgan fingerprint density at radius 1 is 1.35 bits per heavy atom. The second-order valence-electron chi connectivity index (χ2n) is 4.69. The number of rotatable bonds is 3. The number of anilines is 1. The van der Waals surface area contributed by atoms with Crippen molar-refractivity contribution in [3.05, 3.63) is 51.6 Å². The zero-order valence-electron chi connectivity index (χ0n) is 11.2. The van der Waals surface area contributed by atoms with Gasteiger partial charge in [0.1, 0.15) is 0 Å². The molecule has 1 unspecified atom stereocenters. The Hall–Kier alpha value is -1.65. The third-order valence-corrected chi connectivity index (χ3v) is 4.13. The molecular formula is C15H14ClN3S. The third kappa shape index (κ3) is 2.62. The Bertz CT molecular complexity index is 754. The molecule has 102 valence electrons. The van der Waals surface area contributed by atoms with Crippen LogP contribution >= 0.6 is 22.9 Å². The van der Waals surface area contributed by atoms with Gasteiger partial charge < -0.3 is 5.32 Å². The molecule has 0 saturated carbocycles. The van der Waals surface area contributed by atoms with Gasteiger partial charge in [0.05, 0.1) is 27.9 Å². The van der Waals surface area contributed by atoms with Crippen LogP contribution in [-0.4, -0.2) is 9.97 Å². The van der Waals surface area contributed by atoms with Crippen LogP contribution in [-0.2, 0) is 0 Å². The summed E-state index contributed by atoms with van der Waals surface area (Å²) in [7, 11) is 0. The van der Waals surface area contributed by atoms with E-state index in [1.54, 1.807) is 17.5 Å². The minimum Gasteiger partial charge on any atom is -0.375 e. The third-order valence-electron chi connectivity index (χ3n) is 3.12. The lowest BCUT2D eigenvalue weighted by Gasteiger charge is -2.15. The molecule has 1 N–H and O–H groups in total. The van der Waals surface area contributed by atoms with Crippen molar-refractivity contribution in [3.8, 4) is 0 Å². The number of aryl methyl sites for hydroxylation is 1. The van der Waals surface area contributed by atoms with Crippen LogP contribution < -0.4 is 5.32 Å². The summed E-state index contributed by atoms with van der Waals surface area (Å²) < 4.78 is 0. The lowest BCUT2D eigenvalue weighted by Crippen LogP contribution is -2.07. The van der Waals surface area contributed by atoms with Crippen LogP contribution in [0.3, 0.4) is 0 Å². The van der Waals surface area contributed by atoms with Gasteiger partial charge in [-0.05, 0) is 32.0 Å². The van der Waals surface area contributed by atoms with E-state index in [4.69, 9.17) is 11.6 Å². The van der Waals surface area contributed by atoms with Gasteiger partial charge in [0.2, 0.25) is 0 Å². The molecular weight excluding hydrogens is 290 g/mol. The van der Waals surface area contributed by atoms with Gasteiger partial charge in [-0.15, -0.1) is 11.3 Å². The van der Waals surface area contributed by atoms with E-state index in [0.29, 0.717) is 5.02 Å². The number of fused-ring (bicyclic) bond motifs is 1. The summed E-state index contributed by atoms with van der Waals surface area (Å²) in [5, 5.41) is 8.34. The van der Waals surface area contributed by atoms with E-state index < -0.39 is 0 Å². The van der Waals surface area contributed by atoms with Crippen molar-refractivity contribution in [1.29, 1.82) is 0 Å². The van der Waals surface area contributed by atoms with Gasteiger partial charge in [0, 0.05) is 22.0 Å². The lowest BCUT2D eigenvalue weighted by atomic mass is 10.1. The minimum absolute atomic E-state index is 0.114. The first kappa shape index (κ1) is 13.3. The number of pyridine rings is 1. The lowest BCUT2D eigenvalue weighted by molar-refractivity contribution is 0.846. The van der Waals surface area contributed by atoms with Crippen molar-refractivity contribution in [2.75, 3.05) is 5.32 Å². The molecule has 0 spiro atoms. The number of benzene rings is 1. The monoisotopic (exact) mass is 303 g/mol. The van der Waals surface area contributed by atoms with Gasteiger partial charge in [-0.3, -0.25) is 4.98 Å². The molecule has 0 saturated heterocycles. The van der Waals surface area contributed by atoms with Crippen LogP contribution in [0.1, 0.15) is 23.7 Å². The molecule has 0 radical (unpaired) electrons. The maximum atomic E-state index is 6.18. The normalized spacial score (nSPS) is 12.6. The zero-order valence-corrected chi connectivity index (χ0v) is 12.8. The van der Waals surface area contributed by atoms with E-state index in [-0.39, 0.29) is 6.04 Å². The van der Waals surface area contributed by atoms with E-state index in [1.165, 1.54) is 0 Å². The highest BCUT2D eigenvalue weighted by molar-refractivity contribution is 7.09. The van der Waals surface area contributed by atoms with Gasteiger partial charge in [-0.25, -0.2) is 4.98 Å². The topological polar surface area (TPSA) is 37.8 Å². The van der Waals surface area contributed by atoms with Gasteiger partial charge >= 0.3 is 0 Å². The first-order valence-electron chi connectivity index (χ1n) is 6.36. The van der Waals surface area contributed by atoms with E-state index in [9.17, 15) is 0 Å². The van der Waals surface area contributed by atoms with Crippen molar-refractivity contribution in [1.82, 2.24) is 9.97 Å². The summed E-state index contributed by atoms with van der Waals surface area (Å²) >= 11 is 7.83. The number of nitrogens with one attached hydrogen (secondary N) is 1. The first-order chi connectivity index (χ1) is 9.63. The smallest absolute Gasteiger partial charge is 0.0934 e. The zero-order chi connectivity index (χ0) is 14.1. The molecule has 3 rings (SSSR count). The molecule has 2 heterocycles. The summed E-state index contributed by atoms with van der Waals surface area (Å²) in [4.78, 5) is 8.95. The molecule has 0 amide bonds. The Labute approximate surface area is 126 Å². The largest absolute Gasteiger partial charge is 0.375 e. The number of hydrogen-bond acceptors (Lipinski definition) is 4. The van der Waals surface area contributed by atoms with Crippen LogP contribution in [0.4, 0.5) is 5.69 Å². The highest BCUT2D eigenvalue weighted by Crippen LogP contribution is 2.29. The number of nitrogens with zero attached hydrogens (tertiary/aromatic N) is 2. The molecule has 1 atom stereocenters. The number of hydrogen-bond donors (Lipinski definition) is 1. The highest BCUT2D eigenvalue weighted by atomic mass is 35.5. The highest BCUT2D eigenvalue weighted by Gasteiger charge is 2.11. The van der Waals surface area contributed by atoms with Crippen LogP contribution in [0.2, 0.25) is 5.02 Å². The van der Waals surface area contributed by atoms with Crippen LogP contribution in [0.5, 0.6) is 0 Å². The summed E-state index contributed by atoms with van der Waals surface area (Å²) in [5.74, 6) is 0. The molecule has 2 aromatic heterocycles. The van der Waals surface area contributed by atoms with Crippen molar-refractivity contribution in [3.63, 3.8) is 0 Å². The molecule has 0 aliphatic heterocycles. The summed E-state index contributed by atoms with van der Waals surface area (Å²) in [6.07, 6.45) is 1.79. The Morgan fingerprint density at radius 3 is 2.95 bits per heavy atom. The standard InChI is InChI=1S/C15H14ClN3S/c1-9(14-8-20-10(2)19-14)18-13-7-12(16)6-11-4-3-5-17-15(11)13/h3-9,18H,1-2H3. The van der Waals surface area contributed by atoms with Crippen molar-refractivity contribution in [2.24, 2.45) is 0 Å². The van der Waals surface area contributed by atoms with Gasteiger partial charge in [-0.1, -0.05) is 17.7 Å². The molecule has 0 aliphatic carbocycles. The fraction of sp³-hybridized carbons (Fsp3) is 0.200. The number of halogens is 1. The molecule has 1 aromatic carbocycles. The Balaban J connectivity index is 1.98. The van der Waals surface area contributed by atoms with E-state index >= 15 is 0 Å². The van der Waals surface area contributed by atoms with E-state index in [0.717, 1.165) is 27.3 Å². The number of thiazole rings is 1. The Kier molecular flexibility index (Phi) is 3.59. The second kappa shape index (κ2) is 5.38. The molecule has 3 nitrogen and oxygen atoms in total. The molecule has 5 heteroatoms. The SMILES string of the molecule is Cc1nc(C(C)Nc2cc(Cl)cc3cccnc23)cs1. The van der Waals surface area contributed by atoms with Crippen LogP contribution in [0.15, 0.2) is 35.8 Å². The number of aromatic nitrogens is 2. The molecule has 20 heavy (non-hydrogen) atoms. The molecule has 3 aromatic rings. The summed E-state index contributed by atoms with van der Waals surface area (Å²) in [5.41, 5.74) is 2.90. The summed E-state index contributed by atoms with van der Waals surface area (Å²) in [6.45, 7) is 4.10. The average Bonchev–Trinajstić information content (AvgIpc) is 2.85. The van der Waals surface area contributed by atoms with E-state index in [1.807, 2.05) is 31.2 Å². The maximum Gasteiger partial charge on any atom is 0.0934 e. The fourth-order valence-corrected chi connectivity index (χ4v) is 3.08. The molecule has 0 bridgehead atoms.